The summed E-state index contributed by atoms with van der Waals surface area (Å²) in [6.45, 7) is 1.64. The van der Waals surface area contributed by atoms with Crippen molar-refractivity contribution in [3.05, 3.63) is 23.8 Å². The highest BCUT2D eigenvalue weighted by Gasteiger charge is 2.45. The van der Waals surface area contributed by atoms with E-state index >= 15 is 0 Å². The fourth-order valence-corrected chi connectivity index (χ4v) is 2.48. The zero-order valence-corrected chi connectivity index (χ0v) is 10.1. The predicted octanol–water partition coefficient (Wildman–Crippen LogP) is 0.131. The molecule has 1 saturated heterocycles. The minimum Gasteiger partial charge on any atom is -0.362 e. The Morgan fingerprint density at radius 3 is 3.17 bits per heavy atom. The molecule has 1 aliphatic carbocycles. The highest BCUT2D eigenvalue weighted by atomic mass is 19.1. The van der Waals surface area contributed by atoms with Crippen LogP contribution in [0.15, 0.2) is 12.1 Å². The molecule has 2 atom stereocenters. The monoisotopic (exact) mass is 250 g/mol. The van der Waals surface area contributed by atoms with Gasteiger partial charge >= 0.3 is 0 Å². The molecule has 2 heterocycles. The van der Waals surface area contributed by atoms with Gasteiger partial charge < -0.3 is 15.5 Å². The number of amides is 1. The van der Waals surface area contributed by atoms with E-state index < -0.39 is 5.95 Å². The van der Waals surface area contributed by atoms with Gasteiger partial charge in [-0.1, -0.05) is 0 Å². The first kappa shape index (κ1) is 11.4. The van der Waals surface area contributed by atoms with Crippen molar-refractivity contribution in [2.24, 2.45) is 0 Å². The Labute approximate surface area is 104 Å². The minimum absolute atomic E-state index is 0.112. The Hall–Kier alpha value is -1.69. The smallest absolute Gasteiger partial charge is 0.269 e. The van der Waals surface area contributed by atoms with Gasteiger partial charge in [0.25, 0.3) is 5.91 Å². The van der Waals surface area contributed by atoms with Crippen molar-refractivity contribution < 1.29 is 9.18 Å². The standard InChI is InChI=1S/C12H15FN4O/c1-14-12(18)7-2-3-9(11(13)16-7)17-5-4-15-8-6-10(8)17/h2-3,8,10,15H,4-6H2,1H3,(H,14,18)/t8-,10+/m1/s1. The molecule has 0 aromatic carbocycles. The summed E-state index contributed by atoms with van der Waals surface area (Å²) in [5, 5.41) is 5.80. The lowest BCUT2D eigenvalue weighted by molar-refractivity contribution is 0.0957. The molecule has 0 spiro atoms. The maximum atomic E-state index is 14.0. The summed E-state index contributed by atoms with van der Waals surface area (Å²) in [7, 11) is 1.50. The maximum absolute atomic E-state index is 14.0. The zero-order chi connectivity index (χ0) is 12.7. The fraction of sp³-hybridized carbons (Fsp3) is 0.500. The summed E-state index contributed by atoms with van der Waals surface area (Å²) in [5.41, 5.74) is 0.609. The average Bonchev–Trinajstić information content (AvgIpc) is 3.17. The van der Waals surface area contributed by atoms with E-state index in [1.165, 1.54) is 7.05 Å². The number of anilines is 1. The number of nitrogens with zero attached hydrogens (tertiary/aromatic N) is 2. The van der Waals surface area contributed by atoms with E-state index in [0.717, 1.165) is 19.5 Å². The molecule has 1 aromatic rings. The van der Waals surface area contributed by atoms with Gasteiger partial charge in [0.15, 0.2) is 0 Å². The van der Waals surface area contributed by atoms with Gasteiger partial charge in [0.1, 0.15) is 5.69 Å². The van der Waals surface area contributed by atoms with Crippen LogP contribution in [0.2, 0.25) is 0 Å². The molecule has 0 radical (unpaired) electrons. The van der Waals surface area contributed by atoms with Crippen LogP contribution in [0.1, 0.15) is 16.9 Å². The second-order valence-corrected chi connectivity index (χ2v) is 4.64. The van der Waals surface area contributed by atoms with Crippen LogP contribution in [-0.4, -0.2) is 43.1 Å². The van der Waals surface area contributed by atoms with Crippen LogP contribution in [0.25, 0.3) is 0 Å². The summed E-state index contributed by atoms with van der Waals surface area (Å²) in [4.78, 5) is 17.1. The molecular formula is C12H15FN4O. The van der Waals surface area contributed by atoms with Crippen LogP contribution in [0.5, 0.6) is 0 Å². The van der Waals surface area contributed by atoms with E-state index in [2.05, 4.69) is 15.6 Å². The molecule has 96 valence electrons. The number of halogens is 1. The topological polar surface area (TPSA) is 57.3 Å². The number of hydrogen-bond acceptors (Lipinski definition) is 4. The molecule has 1 aromatic heterocycles. The second kappa shape index (κ2) is 4.20. The lowest BCUT2D eigenvalue weighted by Crippen LogP contribution is -2.44. The maximum Gasteiger partial charge on any atom is 0.269 e. The molecule has 6 heteroatoms. The molecule has 1 saturated carbocycles. The first-order chi connectivity index (χ1) is 8.70. The molecule has 2 fully saturated rings. The Morgan fingerprint density at radius 2 is 2.44 bits per heavy atom. The number of rotatable bonds is 2. The largest absolute Gasteiger partial charge is 0.362 e. The summed E-state index contributed by atoms with van der Waals surface area (Å²) in [5.74, 6) is -0.936. The van der Waals surface area contributed by atoms with Crippen LogP contribution in [-0.2, 0) is 0 Å². The molecule has 0 unspecified atom stereocenters. The van der Waals surface area contributed by atoms with Gasteiger partial charge in [0.2, 0.25) is 5.95 Å². The number of nitrogens with one attached hydrogen (secondary N) is 2. The van der Waals surface area contributed by atoms with Crippen molar-refractivity contribution >= 4 is 11.6 Å². The number of hydrogen-bond donors (Lipinski definition) is 2. The van der Waals surface area contributed by atoms with Crippen molar-refractivity contribution in [2.45, 2.75) is 18.5 Å². The van der Waals surface area contributed by atoms with E-state index in [-0.39, 0.29) is 11.6 Å². The third kappa shape index (κ3) is 1.82. The quantitative estimate of drug-likeness (QED) is 0.733. The van der Waals surface area contributed by atoms with E-state index in [1.54, 1.807) is 12.1 Å². The average molecular weight is 250 g/mol. The van der Waals surface area contributed by atoms with Crippen LogP contribution in [0.4, 0.5) is 10.1 Å². The third-order valence-corrected chi connectivity index (χ3v) is 3.51. The molecule has 1 amide bonds. The van der Waals surface area contributed by atoms with Gasteiger partial charge in [-0.3, -0.25) is 4.79 Å². The lowest BCUT2D eigenvalue weighted by Gasteiger charge is -2.29. The minimum atomic E-state index is -0.566. The molecule has 2 aliphatic rings. The predicted molar refractivity (Wildman–Crippen MR) is 65.1 cm³/mol. The highest BCUT2D eigenvalue weighted by molar-refractivity contribution is 5.92. The van der Waals surface area contributed by atoms with Gasteiger partial charge in [0.05, 0.1) is 5.69 Å². The first-order valence-electron chi connectivity index (χ1n) is 6.09. The molecule has 1 aliphatic heterocycles. The molecule has 18 heavy (non-hydrogen) atoms. The van der Waals surface area contributed by atoms with Crippen LogP contribution < -0.4 is 15.5 Å². The fourth-order valence-electron chi connectivity index (χ4n) is 2.48. The number of carbonyl (C=O) groups is 1. The molecule has 3 rings (SSSR count). The Morgan fingerprint density at radius 1 is 1.61 bits per heavy atom. The molecule has 2 N–H and O–H groups in total. The van der Waals surface area contributed by atoms with Crippen molar-refractivity contribution in [2.75, 3.05) is 25.0 Å². The van der Waals surface area contributed by atoms with Gasteiger partial charge in [-0.2, -0.15) is 4.39 Å². The summed E-state index contributed by atoms with van der Waals surface area (Å²) in [6, 6.07) is 4.07. The number of piperazine rings is 1. The number of carbonyl (C=O) groups excluding carboxylic acids is 1. The van der Waals surface area contributed by atoms with Gasteiger partial charge in [-0.15, -0.1) is 0 Å². The highest BCUT2D eigenvalue weighted by Crippen LogP contribution is 2.35. The van der Waals surface area contributed by atoms with E-state index in [4.69, 9.17) is 0 Å². The summed E-state index contributed by atoms with van der Waals surface area (Å²) < 4.78 is 14.0. The Kier molecular flexibility index (Phi) is 2.66. The summed E-state index contributed by atoms with van der Waals surface area (Å²) in [6.07, 6.45) is 1.05. The Bertz CT molecular complexity index is 493. The number of fused-ring (bicyclic) bond motifs is 1. The van der Waals surface area contributed by atoms with E-state index in [1.807, 2.05) is 4.90 Å². The molecule has 5 nitrogen and oxygen atoms in total. The first-order valence-corrected chi connectivity index (χ1v) is 6.09. The van der Waals surface area contributed by atoms with Crippen molar-refractivity contribution in [1.29, 1.82) is 0 Å². The van der Waals surface area contributed by atoms with Crippen molar-refractivity contribution in [1.82, 2.24) is 15.6 Å². The van der Waals surface area contributed by atoms with Gasteiger partial charge in [-0.25, -0.2) is 4.98 Å². The van der Waals surface area contributed by atoms with Crippen molar-refractivity contribution in [3.8, 4) is 0 Å². The zero-order valence-electron chi connectivity index (χ0n) is 10.1. The third-order valence-electron chi connectivity index (χ3n) is 3.51. The van der Waals surface area contributed by atoms with Crippen molar-refractivity contribution in [3.63, 3.8) is 0 Å². The molecule has 0 bridgehead atoms. The van der Waals surface area contributed by atoms with Crippen LogP contribution in [0.3, 0.4) is 0 Å². The molecular weight excluding hydrogens is 235 g/mol. The second-order valence-electron chi connectivity index (χ2n) is 4.64. The normalized spacial score (nSPS) is 25.6. The number of pyridine rings is 1. The van der Waals surface area contributed by atoms with Crippen LogP contribution in [0, 0.1) is 5.95 Å². The summed E-state index contributed by atoms with van der Waals surface area (Å²) >= 11 is 0. The van der Waals surface area contributed by atoms with Crippen LogP contribution >= 0.6 is 0 Å². The SMILES string of the molecule is CNC(=O)c1ccc(N2CCN[C@@H]3C[C@@H]32)c(F)n1. The lowest BCUT2D eigenvalue weighted by atomic mass is 10.2. The Balaban J connectivity index is 1.86. The number of aromatic nitrogens is 1. The van der Waals surface area contributed by atoms with E-state index in [0.29, 0.717) is 17.8 Å². The van der Waals surface area contributed by atoms with Gasteiger partial charge in [0, 0.05) is 32.2 Å². The van der Waals surface area contributed by atoms with Gasteiger partial charge in [-0.05, 0) is 18.6 Å². The van der Waals surface area contributed by atoms with E-state index in [9.17, 15) is 9.18 Å².